The molecule has 1 aromatic carbocycles. The van der Waals surface area contributed by atoms with Crippen LogP contribution in [-0.2, 0) is 32.5 Å². The molecule has 0 amide bonds. The van der Waals surface area contributed by atoms with E-state index in [1.807, 2.05) is 6.07 Å². The zero-order valence-corrected chi connectivity index (χ0v) is 14.4. The van der Waals surface area contributed by atoms with Gasteiger partial charge in [0, 0.05) is 32.0 Å². The van der Waals surface area contributed by atoms with E-state index in [2.05, 4.69) is 56.7 Å². The zero-order valence-electron chi connectivity index (χ0n) is 14.4. The van der Waals surface area contributed by atoms with Crippen molar-refractivity contribution in [2.45, 2.75) is 58.8 Å². The second-order valence-corrected chi connectivity index (χ2v) is 6.37. The van der Waals surface area contributed by atoms with Crippen molar-refractivity contribution in [3.63, 3.8) is 0 Å². The fraction of sp³-hybridized carbons (Fsp3) is 0.500. The van der Waals surface area contributed by atoms with Gasteiger partial charge < -0.3 is 14.5 Å². The number of imidazole rings is 1. The lowest BCUT2D eigenvalue weighted by atomic mass is 10.1. The Morgan fingerprint density at radius 1 is 1.17 bits per heavy atom. The Hall–Kier alpha value is -2.21. The van der Waals surface area contributed by atoms with Crippen LogP contribution >= 0.6 is 0 Å². The summed E-state index contributed by atoms with van der Waals surface area (Å²) in [7, 11) is 0. The monoisotopic (exact) mass is 324 g/mol. The smallest absolute Gasteiger partial charge is 0.133 e. The van der Waals surface area contributed by atoms with E-state index < -0.39 is 0 Å². The van der Waals surface area contributed by atoms with E-state index >= 15 is 0 Å². The molecule has 1 atom stereocenters. The van der Waals surface area contributed by atoms with E-state index in [-0.39, 0.29) is 0 Å². The van der Waals surface area contributed by atoms with Gasteiger partial charge in [-0.25, -0.2) is 4.98 Å². The number of nitrogens with zero attached hydrogens (tertiary/aromatic N) is 5. The Balaban J connectivity index is 1.50. The fourth-order valence-corrected chi connectivity index (χ4v) is 3.66. The van der Waals surface area contributed by atoms with Crippen molar-refractivity contribution in [3.05, 3.63) is 41.7 Å². The predicted octanol–water partition coefficient (Wildman–Crippen LogP) is 2.31. The van der Waals surface area contributed by atoms with Gasteiger partial charge in [0.25, 0.3) is 0 Å². The Morgan fingerprint density at radius 2 is 2.04 bits per heavy atom. The SMILES string of the molecule is CCc1nnc2n1C[C@@H](NCc1nc3ccccc3n1CC)CC2. The third-order valence-electron chi connectivity index (χ3n) is 4.94. The number of benzene rings is 1. The third kappa shape index (κ3) is 2.60. The highest BCUT2D eigenvalue weighted by Crippen LogP contribution is 2.18. The summed E-state index contributed by atoms with van der Waals surface area (Å²) in [4.78, 5) is 4.80. The predicted molar refractivity (Wildman–Crippen MR) is 93.8 cm³/mol. The number of hydrogen-bond acceptors (Lipinski definition) is 4. The van der Waals surface area contributed by atoms with Gasteiger partial charge in [-0.3, -0.25) is 0 Å². The highest BCUT2D eigenvalue weighted by Gasteiger charge is 2.22. The van der Waals surface area contributed by atoms with Crippen LogP contribution in [0.3, 0.4) is 0 Å². The molecule has 0 saturated carbocycles. The van der Waals surface area contributed by atoms with Crippen molar-refractivity contribution in [1.82, 2.24) is 29.6 Å². The van der Waals surface area contributed by atoms with Gasteiger partial charge >= 0.3 is 0 Å². The summed E-state index contributed by atoms with van der Waals surface area (Å²) >= 11 is 0. The molecule has 0 aliphatic carbocycles. The van der Waals surface area contributed by atoms with Crippen LogP contribution in [0.4, 0.5) is 0 Å². The van der Waals surface area contributed by atoms with Crippen LogP contribution in [0.15, 0.2) is 24.3 Å². The highest BCUT2D eigenvalue weighted by molar-refractivity contribution is 5.75. The molecule has 0 spiro atoms. The average molecular weight is 324 g/mol. The standard InChI is InChI=1S/C18H24N6/c1-3-16-21-22-17-10-9-13(12-24(16)17)19-11-18-20-14-7-5-6-8-15(14)23(18)4-2/h5-8,13,19H,3-4,9-12H2,1-2H3/t13-/m0/s1. The van der Waals surface area contributed by atoms with Crippen molar-refractivity contribution >= 4 is 11.0 Å². The summed E-state index contributed by atoms with van der Waals surface area (Å²) in [5, 5.41) is 12.3. The number of rotatable bonds is 5. The number of para-hydroxylation sites is 2. The van der Waals surface area contributed by atoms with Gasteiger partial charge in [0.1, 0.15) is 17.5 Å². The minimum absolute atomic E-state index is 0.448. The van der Waals surface area contributed by atoms with E-state index in [4.69, 9.17) is 4.98 Å². The third-order valence-corrected chi connectivity index (χ3v) is 4.94. The van der Waals surface area contributed by atoms with Gasteiger partial charge in [-0.2, -0.15) is 0 Å². The molecule has 1 aliphatic rings. The molecular formula is C18H24N6. The Kier molecular flexibility index (Phi) is 4.06. The maximum absolute atomic E-state index is 4.80. The fourth-order valence-electron chi connectivity index (χ4n) is 3.66. The van der Waals surface area contributed by atoms with Crippen LogP contribution in [0, 0.1) is 0 Å². The molecule has 0 unspecified atom stereocenters. The molecule has 0 fully saturated rings. The van der Waals surface area contributed by atoms with Crippen molar-refractivity contribution in [2.75, 3.05) is 0 Å². The molecular weight excluding hydrogens is 300 g/mol. The Labute approximate surface area is 141 Å². The summed E-state index contributed by atoms with van der Waals surface area (Å²) in [5.74, 6) is 3.34. The van der Waals surface area contributed by atoms with Crippen molar-refractivity contribution < 1.29 is 0 Å². The zero-order chi connectivity index (χ0) is 16.5. The molecule has 0 saturated heterocycles. The minimum atomic E-state index is 0.448. The van der Waals surface area contributed by atoms with E-state index in [0.29, 0.717) is 6.04 Å². The normalized spacial score (nSPS) is 17.3. The highest BCUT2D eigenvalue weighted by atomic mass is 15.3. The van der Waals surface area contributed by atoms with E-state index in [1.54, 1.807) is 0 Å². The van der Waals surface area contributed by atoms with Crippen LogP contribution in [0.5, 0.6) is 0 Å². The average Bonchev–Trinajstić information content (AvgIpc) is 3.19. The van der Waals surface area contributed by atoms with E-state index in [0.717, 1.165) is 61.9 Å². The van der Waals surface area contributed by atoms with Gasteiger partial charge in [0.15, 0.2) is 0 Å². The number of hydrogen-bond donors (Lipinski definition) is 1. The van der Waals surface area contributed by atoms with Gasteiger partial charge in [0.05, 0.1) is 17.6 Å². The second-order valence-electron chi connectivity index (χ2n) is 6.37. The maximum Gasteiger partial charge on any atom is 0.133 e. The lowest BCUT2D eigenvalue weighted by molar-refractivity contribution is 0.368. The van der Waals surface area contributed by atoms with Crippen molar-refractivity contribution in [3.8, 4) is 0 Å². The van der Waals surface area contributed by atoms with Crippen LogP contribution in [0.1, 0.15) is 37.7 Å². The first-order valence-corrected chi connectivity index (χ1v) is 8.88. The number of aromatic nitrogens is 5. The van der Waals surface area contributed by atoms with Gasteiger partial charge in [0.2, 0.25) is 0 Å². The first-order valence-electron chi connectivity index (χ1n) is 8.88. The number of nitrogens with one attached hydrogen (secondary N) is 1. The summed E-state index contributed by atoms with van der Waals surface area (Å²) in [6, 6.07) is 8.81. The largest absolute Gasteiger partial charge is 0.327 e. The van der Waals surface area contributed by atoms with Gasteiger partial charge in [-0.1, -0.05) is 19.1 Å². The summed E-state index contributed by atoms with van der Waals surface area (Å²) in [5.41, 5.74) is 2.30. The summed E-state index contributed by atoms with van der Waals surface area (Å²) < 4.78 is 4.58. The Bertz CT molecular complexity index is 833. The number of aryl methyl sites for hydroxylation is 3. The quantitative estimate of drug-likeness (QED) is 0.782. The number of fused-ring (bicyclic) bond motifs is 2. The van der Waals surface area contributed by atoms with Crippen molar-refractivity contribution in [1.29, 1.82) is 0 Å². The molecule has 2 aromatic heterocycles. The first-order chi connectivity index (χ1) is 11.8. The van der Waals surface area contributed by atoms with Crippen molar-refractivity contribution in [2.24, 2.45) is 0 Å². The lowest BCUT2D eigenvalue weighted by Crippen LogP contribution is -2.38. The molecule has 4 rings (SSSR count). The van der Waals surface area contributed by atoms with Gasteiger partial charge in [-0.05, 0) is 25.5 Å². The Morgan fingerprint density at radius 3 is 2.88 bits per heavy atom. The second kappa shape index (κ2) is 6.36. The maximum atomic E-state index is 4.80. The summed E-state index contributed by atoms with van der Waals surface area (Å²) in [6.45, 7) is 7.01. The van der Waals surface area contributed by atoms with E-state index in [1.165, 1.54) is 5.52 Å². The topological polar surface area (TPSA) is 60.6 Å². The van der Waals surface area contributed by atoms with Crippen LogP contribution in [0.2, 0.25) is 0 Å². The summed E-state index contributed by atoms with van der Waals surface area (Å²) in [6.07, 6.45) is 3.04. The molecule has 3 heterocycles. The molecule has 1 N–H and O–H groups in total. The molecule has 1 aliphatic heterocycles. The van der Waals surface area contributed by atoms with Crippen LogP contribution in [-0.4, -0.2) is 30.4 Å². The molecule has 0 bridgehead atoms. The van der Waals surface area contributed by atoms with E-state index in [9.17, 15) is 0 Å². The first kappa shape index (κ1) is 15.3. The van der Waals surface area contributed by atoms with Crippen LogP contribution in [0.25, 0.3) is 11.0 Å². The molecule has 0 radical (unpaired) electrons. The molecule has 24 heavy (non-hydrogen) atoms. The van der Waals surface area contributed by atoms with Gasteiger partial charge in [-0.15, -0.1) is 10.2 Å². The molecule has 3 aromatic rings. The molecule has 6 heteroatoms. The molecule has 126 valence electrons. The van der Waals surface area contributed by atoms with Crippen LogP contribution < -0.4 is 5.32 Å². The lowest BCUT2D eigenvalue weighted by Gasteiger charge is -2.25. The molecule has 6 nitrogen and oxygen atoms in total. The minimum Gasteiger partial charge on any atom is -0.327 e.